The summed E-state index contributed by atoms with van der Waals surface area (Å²) in [6.07, 6.45) is 1.87. The van der Waals surface area contributed by atoms with Crippen molar-refractivity contribution in [3.05, 3.63) is 82.2 Å². The highest BCUT2D eigenvalue weighted by Crippen LogP contribution is 2.37. The maximum Gasteiger partial charge on any atom is 0.338 e. The van der Waals surface area contributed by atoms with Gasteiger partial charge in [-0.05, 0) is 51.0 Å². The second kappa shape index (κ2) is 10.1. The molecule has 0 spiro atoms. The van der Waals surface area contributed by atoms with Crippen LogP contribution in [0.15, 0.2) is 59.9 Å². The summed E-state index contributed by atoms with van der Waals surface area (Å²) in [7, 11) is 1.54. The van der Waals surface area contributed by atoms with Gasteiger partial charge in [-0.3, -0.25) is 0 Å². The standard InChI is InChI=1S/C27H30N4O4/c1-16-13-17(2)22(18(3)14-16)25-21(15-31(30-25)20-9-7-6-8-10-20)24-23(19(4)28-27(33)29-24)26(32)35-12-11-34-5/h6-10,13-15,24H,11-12H2,1-5H3,(H2,28,29,33). The molecule has 1 aliphatic rings. The Labute approximate surface area is 204 Å². The summed E-state index contributed by atoms with van der Waals surface area (Å²) in [6, 6.07) is 12.8. The van der Waals surface area contributed by atoms with Gasteiger partial charge in [0.05, 0.1) is 29.6 Å². The average Bonchev–Trinajstić information content (AvgIpc) is 3.23. The number of hydrogen-bond donors (Lipinski definition) is 2. The van der Waals surface area contributed by atoms with Crippen LogP contribution in [0.5, 0.6) is 0 Å². The molecular formula is C27H30N4O4. The first-order valence-corrected chi connectivity index (χ1v) is 11.5. The number of ether oxygens (including phenoxy) is 2. The highest BCUT2D eigenvalue weighted by atomic mass is 16.6. The van der Waals surface area contributed by atoms with Gasteiger partial charge < -0.3 is 20.1 Å². The summed E-state index contributed by atoms with van der Waals surface area (Å²) >= 11 is 0. The van der Waals surface area contributed by atoms with Crippen LogP contribution in [0, 0.1) is 20.8 Å². The molecule has 1 aliphatic heterocycles. The second-order valence-corrected chi connectivity index (χ2v) is 8.69. The lowest BCUT2D eigenvalue weighted by atomic mass is 9.90. The van der Waals surface area contributed by atoms with Crippen molar-refractivity contribution < 1.29 is 19.1 Å². The number of methoxy groups -OCH3 is 1. The molecule has 1 atom stereocenters. The molecule has 35 heavy (non-hydrogen) atoms. The molecular weight excluding hydrogens is 444 g/mol. The molecule has 0 fully saturated rings. The maximum absolute atomic E-state index is 13.1. The van der Waals surface area contributed by atoms with Crippen molar-refractivity contribution in [3.63, 3.8) is 0 Å². The molecule has 8 nitrogen and oxygen atoms in total. The fourth-order valence-corrected chi connectivity index (χ4v) is 4.55. The number of nitrogens with one attached hydrogen (secondary N) is 2. The van der Waals surface area contributed by atoms with Crippen molar-refractivity contribution in [1.82, 2.24) is 20.4 Å². The number of amides is 2. The van der Waals surface area contributed by atoms with Crippen LogP contribution in [-0.2, 0) is 14.3 Å². The molecule has 3 aromatic rings. The summed E-state index contributed by atoms with van der Waals surface area (Å²) in [6.45, 7) is 8.23. The average molecular weight is 475 g/mol. The van der Waals surface area contributed by atoms with E-state index >= 15 is 0 Å². The van der Waals surface area contributed by atoms with Crippen molar-refractivity contribution in [3.8, 4) is 16.9 Å². The number of aryl methyl sites for hydroxylation is 3. The molecule has 0 saturated carbocycles. The normalized spacial score (nSPS) is 15.6. The van der Waals surface area contributed by atoms with Crippen LogP contribution in [0.4, 0.5) is 4.79 Å². The molecule has 182 valence electrons. The molecule has 2 heterocycles. The van der Waals surface area contributed by atoms with Gasteiger partial charge in [-0.15, -0.1) is 0 Å². The van der Waals surface area contributed by atoms with E-state index in [0.29, 0.717) is 22.5 Å². The molecule has 1 unspecified atom stereocenters. The van der Waals surface area contributed by atoms with Gasteiger partial charge in [-0.25, -0.2) is 14.3 Å². The predicted molar refractivity (Wildman–Crippen MR) is 133 cm³/mol. The van der Waals surface area contributed by atoms with Crippen molar-refractivity contribution >= 4 is 12.0 Å². The molecule has 0 bridgehead atoms. The van der Waals surface area contributed by atoms with E-state index in [-0.39, 0.29) is 13.2 Å². The molecule has 2 amide bonds. The minimum absolute atomic E-state index is 0.110. The van der Waals surface area contributed by atoms with Crippen LogP contribution in [0.1, 0.15) is 35.2 Å². The summed E-state index contributed by atoms with van der Waals surface area (Å²) < 4.78 is 12.2. The van der Waals surface area contributed by atoms with Crippen LogP contribution in [-0.4, -0.2) is 42.1 Å². The van der Waals surface area contributed by atoms with Gasteiger partial charge in [0.15, 0.2) is 0 Å². The number of urea groups is 1. The topological polar surface area (TPSA) is 94.5 Å². The van der Waals surface area contributed by atoms with Crippen molar-refractivity contribution in [2.24, 2.45) is 0 Å². The van der Waals surface area contributed by atoms with Gasteiger partial charge >= 0.3 is 12.0 Å². The highest BCUT2D eigenvalue weighted by molar-refractivity contribution is 5.95. The molecule has 0 saturated heterocycles. The molecule has 1 aromatic heterocycles. The van der Waals surface area contributed by atoms with Gasteiger partial charge in [0, 0.05) is 30.1 Å². The van der Waals surface area contributed by atoms with Crippen molar-refractivity contribution in [1.29, 1.82) is 0 Å². The van der Waals surface area contributed by atoms with E-state index < -0.39 is 18.0 Å². The van der Waals surface area contributed by atoms with E-state index in [4.69, 9.17) is 14.6 Å². The van der Waals surface area contributed by atoms with Gasteiger partial charge in [0.25, 0.3) is 0 Å². The fourth-order valence-electron chi connectivity index (χ4n) is 4.55. The summed E-state index contributed by atoms with van der Waals surface area (Å²) in [4.78, 5) is 25.7. The Morgan fingerprint density at radius 1 is 1.06 bits per heavy atom. The Kier molecular flexibility index (Phi) is 7.02. The highest BCUT2D eigenvalue weighted by Gasteiger charge is 2.35. The van der Waals surface area contributed by atoms with E-state index in [9.17, 15) is 9.59 Å². The number of allylic oxidation sites excluding steroid dienone is 1. The Bertz CT molecular complexity index is 1270. The first-order chi connectivity index (χ1) is 16.8. The number of nitrogens with zero attached hydrogens (tertiary/aromatic N) is 2. The van der Waals surface area contributed by atoms with Crippen LogP contribution >= 0.6 is 0 Å². The number of esters is 1. The van der Waals surface area contributed by atoms with Gasteiger partial charge in [0.1, 0.15) is 6.61 Å². The number of para-hydroxylation sites is 1. The number of hydrogen-bond acceptors (Lipinski definition) is 5. The third-order valence-electron chi connectivity index (χ3n) is 6.00. The lowest BCUT2D eigenvalue weighted by Gasteiger charge is -2.28. The van der Waals surface area contributed by atoms with E-state index in [2.05, 4.69) is 29.7 Å². The summed E-state index contributed by atoms with van der Waals surface area (Å²) in [5, 5.41) is 10.6. The first kappa shape index (κ1) is 24.2. The van der Waals surface area contributed by atoms with Gasteiger partial charge in [0.2, 0.25) is 0 Å². The van der Waals surface area contributed by atoms with Crippen LogP contribution in [0.3, 0.4) is 0 Å². The Morgan fingerprint density at radius 3 is 2.40 bits per heavy atom. The smallest absolute Gasteiger partial charge is 0.338 e. The van der Waals surface area contributed by atoms with Crippen molar-refractivity contribution in [2.45, 2.75) is 33.7 Å². The van der Waals surface area contributed by atoms with E-state index in [1.54, 1.807) is 18.7 Å². The van der Waals surface area contributed by atoms with E-state index in [1.165, 1.54) is 0 Å². The van der Waals surface area contributed by atoms with Crippen LogP contribution in [0.25, 0.3) is 16.9 Å². The van der Waals surface area contributed by atoms with Crippen LogP contribution in [0.2, 0.25) is 0 Å². The largest absolute Gasteiger partial charge is 0.460 e. The fraction of sp³-hybridized carbons (Fsp3) is 0.296. The lowest BCUT2D eigenvalue weighted by Crippen LogP contribution is -2.45. The quantitative estimate of drug-likeness (QED) is 0.394. The third kappa shape index (κ3) is 4.97. The number of rotatable bonds is 7. The zero-order valence-electron chi connectivity index (χ0n) is 20.6. The third-order valence-corrected chi connectivity index (χ3v) is 6.00. The molecule has 8 heteroatoms. The second-order valence-electron chi connectivity index (χ2n) is 8.69. The zero-order chi connectivity index (χ0) is 25.1. The van der Waals surface area contributed by atoms with Crippen LogP contribution < -0.4 is 10.6 Å². The summed E-state index contributed by atoms with van der Waals surface area (Å²) in [5.41, 5.74) is 7.29. The SMILES string of the molecule is COCCOC(=O)C1=C(C)NC(=O)NC1c1cn(-c2ccccc2)nc1-c1c(C)cc(C)cc1C. The molecule has 0 radical (unpaired) electrons. The number of benzene rings is 2. The van der Waals surface area contributed by atoms with E-state index in [1.807, 2.05) is 50.4 Å². The molecule has 2 N–H and O–H groups in total. The monoisotopic (exact) mass is 474 g/mol. The van der Waals surface area contributed by atoms with Crippen molar-refractivity contribution in [2.75, 3.05) is 20.3 Å². The van der Waals surface area contributed by atoms with Gasteiger partial charge in [-0.2, -0.15) is 5.10 Å². The van der Waals surface area contributed by atoms with E-state index in [0.717, 1.165) is 27.9 Å². The summed E-state index contributed by atoms with van der Waals surface area (Å²) in [5.74, 6) is -0.521. The Balaban J connectivity index is 1.90. The molecule has 2 aromatic carbocycles. The minimum Gasteiger partial charge on any atom is -0.460 e. The number of carbonyl (C=O) groups excluding carboxylic acids is 2. The number of carbonyl (C=O) groups is 2. The minimum atomic E-state index is -0.744. The molecule has 4 rings (SSSR count). The first-order valence-electron chi connectivity index (χ1n) is 11.5. The Hall–Kier alpha value is -3.91. The zero-order valence-corrected chi connectivity index (χ0v) is 20.6. The van der Waals surface area contributed by atoms with Gasteiger partial charge in [-0.1, -0.05) is 35.9 Å². The predicted octanol–water partition coefficient (Wildman–Crippen LogP) is 4.28. The maximum atomic E-state index is 13.1. The molecule has 0 aliphatic carbocycles. The Morgan fingerprint density at radius 2 is 1.74 bits per heavy atom. The lowest BCUT2D eigenvalue weighted by molar-refractivity contribution is -0.140. The number of aromatic nitrogens is 2.